The Morgan fingerprint density at radius 1 is 1.23 bits per heavy atom. The van der Waals surface area contributed by atoms with Gasteiger partial charge >= 0.3 is 0 Å². The summed E-state index contributed by atoms with van der Waals surface area (Å²) in [7, 11) is 3.97. The molecule has 1 saturated heterocycles. The Labute approximate surface area is 80.7 Å². The summed E-state index contributed by atoms with van der Waals surface area (Å²) in [6.07, 6.45) is 3.93. The van der Waals surface area contributed by atoms with Gasteiger partial charge in [0.1, 0.15) is 0 Å². The Kier molecular flexibility index (Phi) is 3.96. The maximum absolute atomic E-state index is 3.95. The van der Waals surface area contributed by atoms with Crippen molar-refractivity contribution in [3.63, 3.8) is 0 Å². The molecule has 0 unspecified atom stereocenters. The van der Waals surface area contributed by atoms with E-state index in [1.165, 1.54) is 5.70 Å². The van der Waals surface area contributed by atoms with E-state index in [1.807, 2.05) is 6.21 Å². The van der Waals surface area contributed by atoms with Gasteiger partial charge in [0.2, 0.25) is 0 Å². The molecule has 0 bridgehead atoms. The van der Waals surface area contributed by atoms with Crippen molar-refractivity contribution in [1.82, 2.24) is 9.80 Å². The van der Waals surface area contributed by atoms with Gasteiger partial charge in [0, 0.05) is 45.1 Å². The van der Waals surface area contributed by atoms with Crippen molar-refractivity contribution in [2.45, 2.75) is 6.92 Å². The number of hydrogen-bond donors (Lipinski definition) is 0. The van der Waals surface area contributed by atoms with Gasteiger partial charge in [-0.2, -0.15) is 0 Å². The van der Waals surface area contributed by atoms with Crippen LogP contribution < -0.4 is 0 Å². The number of rotatable bonds is 2. The molecule has 1 aliphatic rings. The van der Waals surface area contributed by atoms with Gasteiger partial charge < -0.3 is 9.80 Å². The van der Waals surface area contributed by atoms with Crippen molar-refractivity contribution in [2.24, 2.45) is 4.99 Å². The molecule has 13 heavy (non-hydrogen) atoms. The van der Waals surface area contributed by atoms with E-state index >= 15 is 0 Å². The zero-order valence-electron chi connectivity index (χ0n) is 8.82. The fourth-order valence-electron chi connectivity index (χ4n) is 1.45. The molecule has 0 amide bonds. The van der Waals surface area contributed by atoms with Crippen LogP contribution in [0.2, 0.25) is 0 Å². The van der Waals surface area contributed by atoms with Gasteiger partial charge in [0.25, 0.3) is 0 Å². The van der Waals surface area contributed by atoms with Gasteiger partial charge in [0.05, 0.1) is 0 Å². The number of allylic oxidation sites excluding steroid dienone is 2. The molecular weight excluding hydrogens is 162 g/mol. The van der Waals surface area contributed by atoms with E-state index in [2.05, 4.69) is 34.8 Å². The molecule has 1 heterocycles. The molecule has 0 aromatic heterocycles. The molecule has 0 N–H and O–H groups in total. The lowest BCUT2D eigenvalue weighted by Crippen LogP contribution is -2.43. The number of aliphatic imine (C=N–C) groups is 1. The van der Waals surface area contributed by atoms with Gasteiger partial charge in [-0.05, 0) is 20.0 Å². The van der Waals surface area contributed by atoms with Crippen LogP contribution in [0, 0.1) is 0 Å². The zero-order valence-corrected chi connectivity index (χ0v) is 8.82. The summed E-state index contributed by atoms with van der Waals surface area (Å²) in [5, 5.41) is 0. The molecule has 0 saturated carbocycles. The van der Waals surface area contributed by atoms with Crippen molar-refractivity contribution in [3.05, 3.63) is 11.8 Å². The lowest BCUT2D eigenvalue weighted by Gasteiger charge is -2.34. The highest BCUT2D eigenvalue weighted by Crippen LogP contribution is 2.06. The van der Waals surface area contributed by atoms with E-state index in [9.17, 15) is 0 Å². The molecule has 0 aromatic carbocycles. The summed E-state index contributed by atoms with van der Waals surface area (Å²) in [5.41, 5.74) is 1.32. The summed E-state index contributed by atoms with van der Waals surface area (Å²) >= 11 is 0. The summed E-state index contributed by atoms with van der Waals surface area (Å²) in [4.78, 5) is 8.71. The third kappa shape index (κ3) is 3.19. The minimum atomic E-state index is 1.14. The molecule has 74 valence electrons. The molecule has 0 spiro atoms. The van der Waals surface area contributed by atoms with Crippen LogP contribution in [0.3, 0.4) is 0 Å². The minimum Gasteiger partial charge on any atom is -0.372 e. The number of nitrogens with zero attached hydrogens (tertiary/aromatic N) is 3. The maximum Gasteiger partial charge on any atom is 0.0303 e. The largest absolute Gasteiger partial charge is 0.372 e. The standard InChI is InChI=1S/C10H19N3/c1-10(4-5-11-2)13-8-6-12(3)7-9-13/h4-5H,6-9H2,1-3H3/b10-4+,11-5?. The normalized spacial score (nSPS) is 21.5. The number of hydrogen-bond acceptors (Lipinski definition) is 3. The molecule has 1 rings (SSSR count). The average Bonchev–Trinajstić information content (AvgIpc) is 2.15. The molecule has 3 nitrogen and oxygen atoms in total. The van der Waals surface area contributed by atoms with Crippen molar-refractivity contribution in [2.75, 3.05) is 40.3 Å². The summed E-state index contributed by atoms with van der Waals surface area (Å²) in [5.74, 6) is 0. The lowest BCUT2D eigenvalue weighted by molar-refractivity contribution is 0.187. The van der Waals surface area contributed by atoms with Crippen LogP contribution >= 0.6 is 0 Å². The molecule has 0 aliphatic carbocycles. The second-order valence-electron chi connectivity index (χ2n) is 3.51. The molecule has 0 atom stereocenters. The van der Waals surface area contributed by atoms with E-state index in [1.54, 1.807) is 7.05 Å². The van der Waals surface area contributed by atoms with Crippen molar-refractivity contribution in [1.29, 1.82) is 0 Å². The zero-order chi connectivity index (χ0) is 9.68. The van der Waals surface area contributed by atoms with Crippen LogP contribution in [-0.2, 0) is 0 Å². The Hall–Kier alpha value is -0.830. The number of likely N-dealkylation sites (N-methyl/N-ethyl adjacent to an activating group) is 1. The van der Waals surface area contributed by atoms with Crippen LogP contribution in [0.5, 0.6) is 0 Å². The van der Waals surface area contributed by atoms with E-state index in [-0.39, 0.29) is 0 Å². The van der Waals surface area contributed by atoms with Crippen molar-refractivity contribution < 1.29 is 0 Å². The number of piperazine rings is 1. The lowest BCUT2D eigenvalue weighted by atomic mass is 10.3. The van der Waals surface area contributed by atoms with Crippen LogP contribution in [0.25, 0.3) is 0 Å². The van der Waals surface area contributed by atoms with Crippen LogP contribution in [0.4, 0.5) is 0 Å². The van der Waals surface area contributed by atoms with Gasteiger partial charge in [-0.3, -0.25) is 4.99 Å². The van der Waals surface area contributed by atoms with E-state index < -0.39 is 0 Å². The maximum atomic E-state index is 3.95. The summed E-state index contributed by atoms with van der Waals surface area (Å²) in [6, 6.07) is 0. The average molecular weight is 181 g/mol. The smallest absolute Gasteiger partial charge is 0.0303 e. The van der Waals surface area contributed by atoms with Crippen molar-refractivity contribution in [3.8, 4) is 0 Å². The molecular formula is C10H19N3. The molecule has 0 aromatic rings. The third-order valence-electron chi connectivity index (χ3n) is 2.47. The van der Waals surface area contributed by atoms with E-state index in [0.717, 1.165) is 26.2 Å². The molecule has 1 fully saturated rings. The van der Waals surface area contributed by atoms with Gasteiger partial charge in [-0.1, -0.05) is 0 Å². The predicted molar refractivity (Wildman–Crippen MR) is 57.2 cm³/mol. The first-order valence-electron chi connectivity index (χ1n) is 4.76. The van der Waals surface area contributed by atoms with Crippen molar-refractivity contribution >= 4 is 6.21 Å². The molecule has 0 radical (unpaired) electrons. The van der Waals surface area contributed by atoms with E-state index in [4.69, 9.17) is 0 Å². The van der Waals surface area contributed by atoms with Gasteiger partial charge in [-0.25, -0.2) is 0 Å². The van der Waals surface area contributed by atoms with Crippen LogP contribution in [0.15, 0.2) is 16.8 Å². The first kappa shape index (κ1) is 10.3. The highest BCUT2D eigenvalue weighted by atomic mass is 15.2. The van der Waals surface area contributed by atoms with E-state index in [0.29, 0.717) is 0 Å². The Balaban J connectivity index is 2.44. The van der Waals surface area contributed by atoms with Crippen LogP contribution in [0.1, 0.15) is 6.92 Å². The Morgan fingerprint density at radius 3 is 2.38 bits per heavy atom. The monoisotopic (exact) mass is 181 g/mol. The minimum absolute atomic E-state index is 1.14. The Bertz CT molecular complexity index is 200. The first-order valence-corrected chi connectivity index (χ1v) is 4.76. The predicted octanol–water partition coefficient (Wildman–Crippen LogP) is 0.838. The van der Waals surface area contributed by atoms with Crippen LogP contribution in [-0.4, -0.2) is 56.3 Å². The SMILES string of the molecule is CN=C/C=C(\C)N1CCN(C)CC1. The summed E-state index contributed by atoms with van der Waals surface area (Å²) < 4.78 is 0. The molecule has 3 heteroatoms. The highest BCUT2D eigenvalue weighted by Gasteiger charge is 2.12. The fraction of sp³-hybridized carbons (Fsp3) is 0.700. The topological polar surface area (TPSA) is 18.8 Å². The second kappa shape index (κ2) is 5.02. The second-order valence-corrected chi connectivity index (χ2v) is 3.51. The first-order chi connectivity index (χ1) is 6.24. The van der Waals surface area contributed by atoms with Gasteiger partial charge in [-0.15, -0.1) is 0 Å². The summed E-state index contributed by atoms with van der Waals surface area (Å²) in [6.45, 7) is 6.74. The fourth-order valence-corrected chi connectivity index (χ4v) is 1.45. The molecule has 1 aliphatic heterocycles. The third-order valence-corrected chi connectivity index (χ3v) is 2.47. The quantitative estimate of drug-likeness (QED) is 0.588. The highest BCUT2D eigenvalue weighted by molar-refractivity contribution is 5.71. The Morgan fingerprint density at radius 2 is 1.85 bits per heavy atom. The van der Waals surface area contributed by atoms with Gasteiger partial charge in [0.15, 0.2) is 0 Å².